The molecule has 0 aliphatic heterocycles. The van der Waals surface area contributed by atoms with Gasteiger partial charge in [-0.1, -0.05) is 30.3 Å². The molecule has 4 nitrogen and oxygen atoms in total. The molecule has 122 valence electrons. The number of aromatic nitrogens is 2. The van der Waals surface area contributed by atoms with Gasteiger partial charge in [0.25, 0.3) is 0 Å². The highest BCUT2D eigenvalue weighted by Crippen LogP contribution is 2.27. The average molecular weight is 337 g/mol. The largest absolute Gasteiger partial charge is 0.341 e. The minimum Gasteiger partial charge on any atom is -0.341 e. The monoisotopic (exact) mass is 337 g/mol. The van der Waals surface area contributed by atoms with E-state index in [0.29, 0.717) is 13.0 Å². The Hall–Kier alpha value is -2.53. The standard InChI is InChI=1S/C19H19N3OS/c1-14-17(24-19(21-14)16-9-6-10-20-12-16)11-18(23)22(2)13-15-7-4-3-5-8-15/h3-10,12H,11,13H2,1-2H3. The third-order valence-corrected chi connectivity index (χ3v) is 5.01. The predicted molar refractivity (Wildman–Crippen MR) is 96.7 cm³/mol. The lowest BCUT2D eigenvalue weighted by molar-refractivity contribution is -0.129. The maximum absolute atomic E-state index is 12.5. The second-order valence-electron chi connectivity index (χ2n) is 5.68. The van der Waals surface area contributed by atoms with Gasteiger partial charge in [0.2, 0.25) is 5.91 Å². The van der Waals surface area contributed by atoms with Crippen molar-refractivity contribution in [2.45, 2.75) is 19.9 Å². The van der Waals surface area contributed by atoms with Crippen LogP contribution in [0.2, 0.25) is 0 Å². The first-order chi connectivity index (χ1) is 11.6. The lowest BCUT2D eigenvalue weighted by atomic mass is 10.2. The van der Waals surface area contributed by atoms with E-state index in [2.05, 4.69) is 9.97 Å². The molecule has 0 radical (unpaired) electrons. The van der Waals surface area contributed by atoms with Crippen molar-refractivity contribution in [3.8, 4) is 10.6 Å². The van der Waals surface area contributed by atoms with Gasteiger partial charge in [0.1, 0.15) is 5.01 Å². The van der Waals surface area contributed by atoms with Crippen LogP contribution in [0.5, 0.6) is 0 Å². The smallest absolute Gasteiger partial charge is 0.227 e. The zero-order chi connectivity index (χ0) is 16.9. The Morgan fingerprint density at radius 2 is 1.96 bits per heavy atom. The number of rotatable bonds is 5. The molecule has 0 aliphatic rings. The van der Waals surface area contributed by atoms with Crippen LogP contribution in [-0.2, 0) is 17.8 Å². The molecule has 2 heterocycles. The van der Waals surface area contributed by atoms with Crippen molar-refractivity contribution in [2.75, 3.05) is 7.05 Å². The van der Waals surface area contributed by atoms with Crippen molar-refractivity contribution >= 4 is 17.2 Å². The van der Waals surface area contributed by atoms with Crippen molar-refractivity contribution in [1.29, 1.82) is 0 Å². The number of aryl methyl sites for hydroxylation is 1. The van der Waals surface area contributed by atoms with Crippen LogP contribution in [-0.4, -0.2) is 27.8 Å². The van der Waals surface area contributed by atoms with E-state index in [9.17, 15) is 4.79 Å². The first-order valence-corrected chi connectivity index (χ1v) is 8.59. The molecule has 24 heavy (non-hydrogen) atoms. The summed E-state index contributed by atoms with van der Waals surface area (Å²) in [5, 5.41) is 0.911. The lowest BCUT2D eigenvalue weighted by Crippen LogP contribution is -2.27. The third-order valence-electron chi connectivity index (χ3n) is 3.80. The molecule has 1 amide bonds. The lowest BCUT2D eigenvalue weighted by Gasteiger charge is -2.17. The summed E-state index contributed by atoms with van der Waals surface area (Å²) < 4.78 is 0. The normalized spacial score (nSPS) is 10.6. The average Bonchev–Trinajstić information content (AvgIpc) is 2.97. The second-order valence-corrected chi connectivity index (χ2v) is 6.77. The molecule has 0 spiro atoms. The molecule has 3 rings (SSSR count). The Bertz CT molecular complexity index is 815. The zero-order valence-electron chi connectivity index (χ0n) is 13.8. The molecule has 3 aromatic rings. The van der Waals surface area contributed by atoms with Crippen LogP contribution in [0.1, 0.15) is 16.1 Å². The van der Waals surface area contributed by atoms with E-state index in [4.69, 9.17) is 0 Å². The summed E-state index contributed by atoms with van der Waals surface area (Å²) in [7, 11) is 1.84. The van der Waals surface area contributed by atoms with Crippen molar-refractivity contribution in [3.63, 3.8) is 0 Å². The SMILES string of the molecule is Cc1nc(-c2cccnc2)sc1CC(=O)N(C)Cc1ccccc1. The molecule has 0 saturated heterocycles. The summed E-state index contributed by atoms with van der Waals surface area (Å²) in [6, 6.07) is 13.9. The van der Waals surface area contributed by atoms with Crippen LogP contribution in [0, 0.1) is 6.92 Å². The number of amides is 1. The van der Waals surface area contributed by atoms with E-state index < -0.39 is 0 Å². The van der Waals surface area contributed by atoms with Crippen LogP contribution in [0.25, 0.3) is 10.6 Å². The number of thiazole rings is 1. The minimum absolute atomic E-state index is 0.100. The van der Waals surface area contributed by atoms with Gasteiger partial charge in [0.15, 0.2) is 0 Å². The predicted octanol–water partition coefficient (Wildman–Crippen LogP) is 3.71. The maximum Gasteiger partial charge on any atom is 0.227 e. The van der Waals surface area contributed by atoms with Gasteiger partial charge in [-0.3, -0.25) is 9.78 Å². The van der Waals surface area contributed by atoms with Crippen LogP contribution in [0.3, 0.4) is 0 Å². The van der Waals surface area contributed by atoms with Crippen molar-refractivity contribution in [3.05, 3.63) is 71.0 Å². The number of carbonyl (C=O) groups excluding carboxylic acids is 1. The molecule has 0 saturated carbocycles. The molecule has 0 atom stereocenters. The quantitative estimate of drug-likeness (QED) is 0.713. The van der Waals surface area contributed by atoms with Crippen molar-refractivity contribution in [1.82, 2.24) is 14.9 Å². The van der Waals surface area contributed by atoms with Gasteiger partial charge >= 0.3 is 0 Å². The second kappa shape index (κ2) is 7.36. The van der Waals surface area contributed by atoms with E-state index in [1.54, 1.807) is 28.6 Å². The number of carbonyl (C=O) groups is 1. The minimum atomic E-state index is 0.100. The highest BCUT2D eigenvalue weighted by Gasteiger charge is 2.16. The topological polar surface area (TPSA) is 46.1 Å². The van der Waals surface area contributed by atoms with Gasteiger partial charge in [-0.25, -0.2) is 4.98 Å². The van der Waals surface area contributed by atoms with Gasteiger partial charge < -0.3 is 4.90 Å². The number of pyridine rings is 1. The number of hydrogen-bond acceptors (Lipinski definition) is 4. The van der Waals surface area contributed by atoms with Crippen LogP contribution >= 0.6 is 11.3 Å². The number of benzene rings is 1. The zero-order valence-corrected chi connectivity index (χ0v) is 14.6. The highest BCUT2D eigenvalue weighted by atomic mass is 32.1. The maximum atomic E-state index is 12.5. The highest BCUT2D eigenvalue weighted by molar-refractivity contribution is 7.15. The van der Waals surface area contributed by atoms with Gasteiger partial charge in [-0.15, -0.1) is 11.3 Å². The molecule has 0 N–H and O–H groups in total. The van der Waals surface area contributed by atoms with E-state index in [-0.39, 0.29) is 5.91 Å². The number of hydrogen-bond donors (Lipinski definition) is 0. The summed E-state index contributed by atoms with van der Waals surface area (Å²) in [5.41, 5.74) is 3.03. The summed E-state index contributed by atoms with van der Waals surface area (Å²) >= 11 is 1.57. The fourth-order valence-corrected chi connectivity index (χ4v) is 3.47. The van der Waals surface area contributed by atoms with Crippen molar-refractivity contribution < 1.29 is 4.79 Å². The van der Waals surface area contributed by atoms with Gasteiger partial charge in [0.05, 0.1) is 12.1 Å². The van der Waals surface area contributed by atoms with Gasteiger partial charge in [-0.2, -0.15) is 0 Å². The molecular weight excluding hydrogens is 318 g/mol. The molecule has 0 bridgehead atoms. The molecule has 2 aromatic heterocycles. The Morgan fingerprint density at radius 1 is 1.17 bits per heavy atom. The van der Waals surface area contributed by atoms with Crippen LogP contribution < -0.4 is 0 Å². The van der Waals surface area contributed by atoms with E-state index in [0.717, 1.165) is 26.7 Å². The summed E-state index contributed by atoms with van der Waals surface area (Å²) in [6.45, 7) is 2.57. The summed E-state index contributed by atoms with van der Waals surface area (Å²) in [5.74, 6) is 0.100. The first kappa shape index (κ1) is 16.3. The number of nitrogens with zero attached hydrogens (tertiary/aromatic N) is 3. The van der Waals surface area contributed by atoms with E-state index in [1.807, 2.05) is 56.4 Å². The third kappa shape index (κ3) is 3.86. The molecule has 0 fully saturated rings. The first-order valence-electron chi connectivity index (χ1n) is 7.78. The van der Waals surface area contributed by atoms with Crippen molar-refractivity contribution in [2.24, 2.45) is 0 Å². The Kier molecular flexibility index (Phi) is 5.01. The summed E-state index contributed by atoms with van der Waals surface area (Å²) in [6.07, 6.45) is 3.92. The molecule has 0 aliphatic carbocycles. The molecule has 0 unspecified atom stereocenters. The van der Waals surface area contributed by atoms with Crippen LogP contribution in [0.15, 0.2) is 54.9 Å². The van der Waals surface area contributed by atoms with E-state index >= 15 is 0 Å². The Morgan fingerprint density at radius 3 is 2.67 bits per heavy atom. The fraction of sp³-hybridized carbons (Fsp3) is 0.211. The number of likely N-dealkylation sites (N-methyl/N-ethyl adjacent to an activating group) is 1. The molecule has 5 heteroatoms. The van der Waals surface area contributed by atoms with Crippen LogP contribution in [0.4, 0.5) is 0 Å². The Balaban J connectivity index is 1.69. The molecular formula is C19H19N3OS. The fourth-order valence-electron chi connectivity index (χ4n) is 2.42. The summed E-state index contributed by atoms with van der Waals surface area (Å²) in [4.78, 5) is 24.0. The van der Waals surface area contributed by atoms with Gasteiger partial charge in [0, 0.05) is 36.4 Å². The molecule has 1 aromatic carbocycles. The van der Waals surface area contributed by atoms with E-state index in [1.165, 1.54) is 0 Å². The Labute approximate surface area is 145 Å². The van der Waals surface area contributed by atoms with Gasteiger partial charge in [-0.05, 0) is 24.6 Å².